The summed E-state index contributed by atoms with van der Waals surface area (Å²) in [6, 6.07) is 11.1. The zero-order chi connectivity index (χ0) is 19.5. The van der Waals surface area contributed by atoms with Crippen molar-refractivity contribution in [1.82, 2.24) is 14.6 Å². The maximum Gasteiger partial charge on any atom is 0.231 e. The summed E-state index contributed by atoms with van der Waals surface area (Å²) in [5.74, 6) is 1.85. The zero-order valence-corrected chi connectivity index (χ0v) is 16.0. The topological polar surface area (TPSA) is 81.0 Å². The lowest BCUT2D eigenvalue weighted by Gasteiger charge is -2.32. The SMILES string of the molecule is COc1ccc(OC)c(NC(=O)[C@@H]2CCCN(c3nnc4ccccn34)C2)c1. The van der Waals surface area contributed by atoms with Gasteiger partial charge in [-0.05, 0) is 37.1 Å². The molecule has 0 aliphatic carbocycles. The number of aromatic nitrogens is 3. The highest BCUT2D eigenvalue weighted by molar-refractivity contribution is 5.94. The highest BCUT2D eigenvalue weighted by Gasteiger charge is 2.28. The predicted octanol–water partition coefficient (Wildman–Crippen LogP) is 2.60. The second-order valence-electron chi connectivity index (χ2n) is 6.77. The number of pyridine rings is 1. The van der Waals surface area contributed by atoms with Gasteiger partial charge in [-0.1, -0.05) is 6.07 Å². The second-order valence-corrected chi connectivity index (χ2v) is 6.77. The summed E-state index contributed by atoms with van der Waals surface area (Å²) in [6.07, 6.45) is 3.68. The van der Waals surface area contributed by atoms with Gasteiger partial charge in [-0.25, -0.2) is 0 Å². The average Bonchev–Trinajstić information content (AvgIpc) is 3.18. The van der Waals surface area contributed by atoms with E-state index in [4.69, 9.17) is 9.47 Å². The molecule has 0 radical (unpaired) electrons. The smallest absolute Gasteiger partial charge is 0.231 e. The number of rotatable bonds is 5. The summed E-state index contributed by atoms with van der Waals surface area (Å²) < 4.78 is 12.6. The molecule has 1 aliphatic rings. The lowest BCUT2D eigenvalue weighted by molar-refractivity contribution is -0.120. The Bertz CT molecular complexity index is 987. The fourth-order valence-electron chi connectivity index (χ4n) is 3.56. The fraction of sp³-hybridized carbons (Fsp3) is 0.350. The van der Waals surface area contributed by atoms with Crippen molar-refractivity contribution in [2.24, 2.45) is 5.92 Å². The average molecular weight is 381 g/mol. The van der Waals surface area contributed by atoms with E-state index in [1.54, 1.807) is 32.4 Å². The molecule has 1 fully saturated rings. The van der Waals surface area contributed by atoms with Crippen molar-refractivity contribution in [2.45, 2.75) is 12.8 Å². The van der Waals surface area contributed by atoms with Crippen molar-refractivity contribution in [3.8, 4) is 11.5 Å². The summed E-state index contributed by atoms with van der Waals surface area (Å²) in [5, 5.41) is 11.5. The van der Waals surface area contributed by atoms with Gasteiger partial charge in [0.25, 0.3) is 0 Å². The van der Waals surface area contributed by atoms with E-state index in [0.717, 1.165) is 31.0 Å². The minimum Gasteiger partial charge on any atom is -0.497 e. The van der Waals surface area contributed by atoms with Gasteiger partial charge in [0.1, 0.15) is 11.5 Å². The van der Waals surface area contributed by atoms with Crippen LogP contribution in [0, 0.1) is 5.92 Å². The highest BCUT2D eigenvalue weighted by Crippen LogP contribution is 2.30. The molecule has 1 aliphatic heterocycles. The highest BCUT2D eigenvalue weighted by atomic mass is 16.5. The quantitative estimate of drug-likeness (QED) is 0.732. The van der Waals surface area contributed by atoms with Crippen LogP contribution in [0.3, 0.4) is 0 Å². The number of amides is 1. The molecule has 0 bridgehead atoms. The number of methoxy groups -OCH3 is 2. The molecule has 1 aromatic carbocycles. The molecule has 8 nitrogen and oxygen atoms in total. The van der Waals surface area contributed by atoms with E-state index >= 15 is 0 Å². The molecule has 0 unspecified atom stereocenters. The van der Waals surface area contributed by atoms with Crippen LogP contribution in [-0.4, -0.2) is 47.8 Å². The van der Waals surface area contributed by atoms with E-state index in [2.05, 4.69) is 20.4 Å². The summed E-state index contributed by atoms with van der Waals surface area (Å²) in [4.78, 5) is 15.1. The molecular weight excluding hydrogens is 358 g/mol. The van der Waals surface area contributed by atoms with Crippen LogP contribution in [0.4, 0.5) is 11.6 Å². The summed E-state index contributed by atoms with van der Waals surface area (Å²) in [6.45, 7) is 1.44. The van der Waals surface area contributed by atoms with Crippen molar-refractivity contribution in [3.05, 3.63) is 42.6 Å². The normalized spacial score (nSPS) is 16.8. The van der Waals surface area contributed by atoms with Crippen LogP contribution in [-0.2, 0) is 4.79 Å². The van der Waals surface area contributed by atoms with Crippen LogP contribution < -0.4 is 19.7 Å². The van der Waals surface area contributed by atoms with Gasteiger partial charge in [-0.2, -0.15) is 0 Å². The fourth-order valence-corrected chi connectivity index (χ4v) is 3.56. The lowest BCUT2D eigenvalue weighted by Crippen LogP contribution is -2.41. The first kappa shape index (κ1) is 18.1. The van der Waals surface area contributed by atoms with Crippen LogP contribution in [0.5, 0.6) is 11.5 Å². The Hall–Kier alpha value is -3.29. The van der Waals surface area contributed by atoms with Gasteiger partial charge in [-0.3, -0.25) is 9.20 Å². The van der Waals surface area contributed by atoms with Crippen molar-refractivity contribution in [1.29, 1.82) is 0 Å². The van der Waals surface area contributed by atoms with Crippen molar-refractivity contribution in [2.75, 3.05) is 37.5 Å². The first-order chi connectivity index (χ1) is 13.7. The number of anilines is 2. The first-order valence-electron chi connectivity index (χ1n) is 9.27. The van der Waals surface area contributed by atoms with Crippen LogP contribution in [0.25, 0.3) is 5.65 Å². The lowest BCUT2D eigenvalue weighted by atomic mass is 9.97. The molecule has 0 spiro atoms. The predicted molar refractivity (Wildman–Crippen MR) is 106 cm³/mol. The van der Waals surface area contributed by atoms with E-state index in [-0.39, 0.29) is 11.8 Å². The second kappa shape index (κ2) is 7.75. The number of piperidine rings is 1. The van der Waals surface area contributed by atoms with E-state index < -0.39 is 0 Å². The monoisotopic (exact) mass is 381 g/mol. The van der Waals surface area contributed by atoms with Gasteiger partial charge in [0.15, 0.2) is 5.65 Å². The van der Waals surface area contributed by atoms with Crippen molar-refractivity contribution >= 4 is 23.2 Å². The minimum atomic E-state index is -0.152. The number of hydrogen-bond acceptors (Lipinski definition) is 6. The summed E-state index contributed by atoms with van der Waals surface area (Å²) in [5.41, 5.74) is 1.40. The van der Waals surface area contributed by atoms with Gasteiger partial charge in [0.05, 0.1) is 25.8 Å². The van der Waals surface area contributed by atoms with Crippen molar-refractivity contribution in [3.63, 3.8) is 0 Å². The zero-order valence-electron chi connectivity index (χ0n) is 16.0. The van der Waals surface area contributed by atoms with E-state index in [0.29, 0.717) is 23.7 Å². The Labute approximate surface area is 163 Å². The minimum absolute atomic E-state index is 0.0370. The molecule has 1 N–H and O–H groups in total. The number of fused-ring (bicyclic) bond motifs is 1. The third-order valence-corrected chi connectivity index (χ3v) is 5.04. The molecule has 8 heteroatoms. The Kier molecular flexibility index (Phi) is 5.01. The summed E-state index contributed by atoms with van der Waals surface area (Å²) in [7, 11) is 3.17. The molecule has 1 atom stereocenters. The molecular formula is C20H23N5O3. The van der Waals surface area contributed by atoms with E-state index in [1.165, 1.54) is 0 Å². The van der Waals surface area contributed by atoms with Crippen LogP contribution in [0.15, 0.2) is 42.6 Å². The van der Waals surface area contributed by atoms with Gasteiger partial charge in [-0.15, -0.1) is 10.2 Å². The number of ether oxygens (including phenoxy) is 2. The summed E-state index contributed by atoms with van der Waals surface area (Å²) >= 11 is 0. The number of benzene rings is 1. The molecule has 3 aromatic rings. The number of nitrogens with zero attached hydrogens (tertiary/aromatic N) is 4. The van der Waals surface area contributed by atoms with Gasteiger partial charge < -0.3 is 19.7 Å². The third kappa shape index (κ3) is 3.45. The van der Waals surface area contributed by atoms with Gasteiger partial charge in [0.2, 0.25) is 11.9 Å². The number of nitrogens with one attached hydrogen (secondary N) is 1. The molecule has 1 amide bonds. The molecule has 0 saturated carbocycles. The Morgan fingerprint density at radius 1 is 1.18 bits per heavy atom. The standard InChI is InChI=1S/C20H23N5O3/c1-27-15-8-9-17(28-2)16(12-15)21-19(26)14-6-5-10-24(13-14)20-23-22-18-7-3-4-11-25(18)20/h3-4,7-9,11-12,14H,5-6,10,13H2,1-2H3,(H,21,26)/t14-/m1/s1. The van der Waals surface area contributed by atoms with Crippen LogP contribution >= 0.6 is 0 Å². The van der Waals surface area contributed by atoms with E-state index in [9.17, 15) is 4.79 Å². The van der Waals surface area contributed by atoms with Crippen LogP contribution in [0.1, 0.15) is 12.8 Å². The Balaban J connectivity index is 1.51. The maximum absolute atomic E-state index is 12.9. The Morgan fingerprint density at radius 3 is 2.89 bits per heavy atom. The molecule has 4 rings (SSSR count). The number of carbonyl (C=O) groups excluding carboxylic acids is 1. The van der Waals surface area contributed by atoms with E-state index in [1.807, 2.05) is 28.8 Å². The maximum atomic E-state index is 12.9. The van der Waals surface area contributed by atoms with Gasteiger partial charge in [0, 0.05) is 25.4 Å². The van der Waals surface area contributed by atoms with Crippen molar-refractivity contribution < 1.29 is 14.3 Å². The first-order valence-corrected chi connectivity index (χ1v) is 9.27. The molecule has 2 aromatic heterocycles. The Morgan fingerprint density at radius 2 is 2.07 bits per heavy atom. The largest absolute Gasteiger partial charge is 0.497 e. The van der Waals surface area contributed by atoms with Gasteiger partial charge >= 0.3 is 0 Å². The molecule has 3 heterocycles. The number of carbonyl (C=O) groups is 1. The molecule has 28 heavy (non-hydrogen) atoms. The third-order valence-electron chi connectivity index (χ3n) is 5.04. The number of hydrogen-bond donors (Lipinski definition) is 1. The molecule has 1 saturated heterocycles. The van der Waals surface area contributed by atoms with Crippen LogP contribution in [0.2, 0.25) is 0 Å². The molecule has 146 valence electrons.